The highest BCUT2D eigenvalue weighted by atomic mass is 16.5. The maximum atomic E-state index is 13.5. The van der Waals surface area contributed by atoms with Crippen LogP contribution in [0, 0.1) is 0 Å². The van der Waals surface area contributed by atoms with Gasteiger partial charge in [-0.3, -0.25) is 9.69 Å². The molecule has 8 nitrogen and oxygen atoms in total. The number of rotatable bonds is 8. The first-order valence-corrected chi connectivity index (χ1v) is 10.3. The molecule has 0 saturated carbocycles. The van der Waals surface area contributed by atoms with E-state index in [0.717, 1.165) is 12.0 Å². The molecule has 1 fully saturated rings. The van der Waals surface area contributed by atoms with Gasteiger partial charge in [0.05, 0.1) is 26.0 Å². The fourth-order valence-corrected chi connectivity index (χ4v) is 3.68. The fourth-order valence-electron chi connectivity index (χ4n) is 3.68. The molecule has 3 aromatic rings. The number of hydrogen-bond donors (Lipinski definition) is 0. The normalized spacial score (nSPS) is 15.5. The van der Waals surface area contributed by atoms with E-state index in [2.05, 4.69) is 22.0 Å². The van der Waals surface area contributed by atoms with E-state index >= 15 is 0 Å². The van der Waals surface area contributed by atoms with E-state index in [9.17, 15) is 4.79 Å². The second kappa shape index (κ2) is 9.69. The summed E-state index contributed by atoms with van der Waals surface area (Å²) in [6, 6.07) is 13.0. The van der Waals surface area contributed by atoms with Crippen LogP contribution >= 0.6 is 0 Å². The fraction of sp³-hybridized carbons (Fsp3) is 0.409. The lowest BCUT2D eigenvalue weighted by Crippen LogP contribution is -2.47. The molecule has 4 rings (SSSR count). The molecular formula is C22H26N4O4. The number of furan rings is 1. The Morgan fingerprint density at radius 2 is 1.93 bits per heavy atom. The standard InChI is InChI=1S/C22H26N4O4/c1-2-10-26(16-19-23-24-21(30-19)18-9-6-13-29-18)20(17-7-4-3-5-8-17)22(27)25-11-14-28-15-12-25/h3-9,13,20H,2,10-12,14-16H2,1H3/t20-/m1/s1. The molecule has 8 heteroatoms. The van der Waals surface area contributed by atoms with Gasteiger partial charge in [0.15, 0.2) is 5.76 Å². The van der Waals surface area contributed by atoms with Crippen LogP contribution in [0.1, 0.15) is 30.8 Å². The Morgan fingerprint density at radius 3 is 2.63 bits per heavy atom. The maximum absolute atomic E-state index is 13.5. The van der Waals surface area contributed by atoms with Crippen LogP contribution in [0.3, 0.4) is 0 Å². The Hall–Kier alpha value is -2.97. The average Bonchev–Trinajstić information content (AvgIpc) is 3.47. The molecular weight excluding hydrogens is 384 g/mol. The minimum absolute atomic E-state index is 0.0729. The first kappa shape index (κ1) is 20.3. The topological polar surface area (TPSA) is 84.8 Å². The van der Waals surface area contributed by atoms with Crippen molar-refractivity contribution in [3.05, 3.63) is 60.2 Å². The number of benzene rings is 1. The second-order valence-corrected chi connectivity index (χ2v) is 7.20. The SMILES string of the molecule is CCCN(Cc1nnc(-c2ccco2)o1)[C@@H](C(=O)N1CCOCC1)c1ccccc1. The minimum atomic E-state index is -0.428. The van der Waals surface area contributed by atoms with Crippen molar-refractivity contribution >= 4 is 5.91 Å². The summed E-state index contributed by atoms with van der Waals surface area (Å²) in [4.78, 5) is 17.5. The number of hydrogen-bond acceptors (Lipinski definition) is 7. The third-order valence-corrected chi connectivity index (χ3v) is 5.09. The van der Waals surface area contributed by atoms with E-state index in [1.54, 1.807) is 18.4 Å². The van der Waals surface area contributed by atoms with Gasteiger partial charge in [-0.05, 0) is 30.7 Å². The molecule has 1 aromatic carbocycles. The number of aromatic nitrogens is 2. The number of amides is 1. The third kappa shape index (κ3) is 4.60. The summed E-state index contributed by atoms with van der Waals surface area (Å²) in [5.74, 6) is 1.39. The lowest BCUT2D eigenvalue weighted by atomic mass is 10.0. The van der Waals surface area contributed by atoms with Crippen LogP contribution in [0.15, 0.2) is 57.6 Å². The van der Waals surface area contributed by atoms with E-state index in [-0.39, 0.29) is 5.91 Å². The van der Waals surface area contributed by atoms with Gasteiger partial charge in [0, 0.05) is 13.1 Å². The molecule has 0 N–H and O–H groups in total. The summed E-state index contributed by atoms with van der Waals surface area (Å²) in [5, 5.41) is 8.27. The van der Waals surface area contributed by atoms with Crippen LogP contribution in [-0.4, -0.2) is 58.8 Å². The van der Waals surface area contributed by atoms with Crippen LogP contribution in [-0.2, 0) is 16.1 Å². The lowest BCUT2D eigenvalue weighted by molar-refractivity contribution is -0.141. The van der Waals surface area contributed by atoms with Gasteiger partial charge in [0.1, 0.15) is 6.04 Å². The van der Waals surface area contributed by atoms with Crippen LogP contribution in [0.4, 0.5) is 0 Å². The van der Waals surface area contributed by atoms with E-state index in [4.69, 9.17) is 13.6 Å². The summed E-state index contributed by atoms with van der Waals surface area (Å²) >= 11 is 0. The quantitative estimate of drug-likeness (QED) is 0.564. The highest BCUT2D eigenvalue weighted by molar-refractivity contribution is 5.83. The summed E-state index contributed by atoms with van der Waals surface area (Å²) in [5.41, 5.74) is 0.952. The third-order valence-electron chi connectivity index (χ3n) is 5.09. The van der Waals surface area contributed by atoms with Gasteiger partial charge < -0.3 is 18.5 Å². The zero-order chi connectivity index (χ0) is 20.8. The summed E-state index contributed by atoms with van der Waals surface area (Å²) in [6.07, 6.45) is 2.45. The zero-order valence-corrected chi connectivity index (χ0v) is 17.1. The van der Waals surface area contributed by atoms with E-state index in [1.165, 1.54) is 0 Å². The number of carbonyl (C=O) groups excluding carboxylic acids is 1. The molecule has 0 spiro atoms. The highest BCUT2D eigenvalue weighted by Crippen LogP contribution is 2.27. The number of carbonyl (C=O) groups is 1. The van der Waals surface area contributed by atoms with Gasteiger partial charge in [-0.1, -0.05) is 37.3 Å². The second-order valence-electron chi connectivity index (χ2n) is 7.20. The largest absolute Gasteiger partial charge is 0.459 e. The minimum Gasteiger partial charge on any atom is -0.459 e. The van der Waals surface area contributed by atoms with Gasteiger partial charge in [-0.25, -0.2) is 0 Å². The van der Waals surface area contributed by atoms with Crippen LogP contribution in [0.5, 0.6) is 0 Å². The summed E-state index contributed by atoms with van der Waals surface area (Å²) < 4.78 is 16.6. The molecule has 0 bridgehead atoms. The molecule has 158 valence electrons. The van der Waals surface area contributed by atoms with Gasteiger partial charge in [0.2, 0.25) is 11.8 Å². The molecule has 0 unspecified atom stereocenters. The number of morpholine rings is 1. The Kier molecular flexibility index (Phi) is 6.56. The highest BCUT2D eigenvalue weighted by Gasteiger charge is 2.33. The van der Waals surface area contributed by atoms with Crippen LogP contribution in [0.25, 0.3) is 11.7 Å². The Morgan fingerprint density at radius 1 is 1.13 bits per heavy atom. The van der Waals surface area contributed by atoms with E-state index in [0.29, 0.717) is 56.9 Å². The monoisotopic (exact) mass is 410 g/mol. The van der Waals surface area contributed by atoms with Crippen molar-refractivity contribution in [3.63, 3.8) is 0 Å². The predicted octanol–water partition coefficient (Wildman–Crippen LogP) is 3.14. The van der Waals surface area contributed by atoms with Gasteiger partial charge in [0.25, 0.3) is 5.89 Å². The van der Waals surface area contributed by atoms with Gasteiger partial charge >= 0.3 is 0 Å². The lowest BCUT2D eigenvalue weighted by Gasteiger charge is -2.35. The van der Waals surface area contributed by atoms with Crippen molar-refractivity contribution in [2.24, 2.45) is 0 Å². The Bertz CT molecular complexity index is 920. The first-order valence-electron chi connectivity index (χ1n) is 10.3. The maximum Gasteiger partial charge on any atom is 0.283 e. The van der Waals surface area contributed by atoms with Crippen molar-refractivity contribution in [2.45, 2.75) is 25.9 Å². The predicted molar refractivity (Wildman–Crippen MR) is 109 cm³/mol. The molecule has 1 atom stereocenters. The van der Waals surface area contributed by atoms with Crippen LogP contribution in [0.2, 0.25) is 0 Å². The van der Waals surface area contributed by atoms with Gasteiger partial charge in [-0.2, -0.15) is 0 Å². The zero-order valence-electron chi connectivity index (χ0n) is 17.1. The molecule has 30 heavy (non-hydrogen) atoms. The molecule has 2 aromatic heterocycles. The molecule has 1 saturated heterocycles. The van der Waals surface area contributed by atoms with Crippen LogP contribution < -0.4 is 0 Å². The molecule has 0 aliphatic carbocycles. The summed E-state index contributed by atoms with van der Waals surface area (Å²) in [7, 11) is 0. The summed E-state index contributed by atoms with van der Waals surface area (Å²) in [6.45, 7) is 5.52. The smallest absolute Gasteiger partial charge is 0.283 e. The van der Waals surface area contributed by atoms with E-state index in [1.807, 2.05) is 35.2 Å². The average molecular weight is 410 g/mol. The van der Waals surface area contributed by atoms with Crippen molar-refractivity contribution in [2.75, 3.05) is 32.8 Å². The Balaban J connectivity index is 1.61. The molecule has 1 aliphatic rings. The first-order chi connectivity index (χ1) is 14.8. The molecule has 3 heterocycles. The Labute approximate surface area is 175 Å². The number of nitrogens with zero attached hydrogens (tertiary/aromatic N) is 4. The number of ether oxygens (including phenoxy) is 1. The van der Waals surface area contributed by atoms with Crippen molar-refractivity contribution in [1.29, 1.82) is 0 Å². The van der Waals surface area contributed by atoms with Crippen molar-refractivity contribution in [3.8, 4) is 11.7 Å². The van der Waals surface area contributed by atoms with Gasteiger partial charge in [-0.15, -0.1) is 10.2 Å². The molecule has 1 amide bonds. The molecule has 0 radical (unpaired) electrons. The van der Waals surface area contributed by atoms with E-state index < -0.39 is 6.04 Å². The molecule has 1 aliphatic heterocycles. The van der Waals surface area contributed by atoms with Crippen molar-refractivity contribution < 1.29 is 18.4 Å². The van der Waals surface area contributed by atoms with Crippen molar-refractivity contribution in [1.82, 2.24) is 20.0 Å².